The second kappa shape index (κ2) is 6.22. The number of hydrogen-bond acceptors (Lipinski definition) is 2. The number of ether oxygens (including phenoxy) is 2. The summed E-state index contributed by atoms with van der Waals surface area (Å²) in [7, 11) is 1.50. The Morgan fingerprint density at radius 2 is 1.80 bits per heavy atom. The molecular formula is C10H11F2IO2. The fraction of sp³-hybridized carbons (Fsp3) is 0.400. The Labute approximate surface area is 101 Å². The van der Waals surface area contributed by atoms with Gasteiger partial charge in [-0.2, -0.15) is 0 Å². The number of hydrogen-bond donors (Lipinski definition) is 0. The van der Waals surface area contributed by atoms with Crippen LogP contribution in [-0.2, 0) is 9.16 Å². The first-order chi connectivity index (χ1) is 7.19. The summed E-state index contributed by atoms with van der Waals surface area (Å²) in [5, 5.41) is 0. The van der Waals surface area contributed by atoms with Crippen molar-refractivity contribution in [2.45, 2.75) is 4.43 Å². The first-order valence-electron chi connectivity index (χ1n) is 4.34. The summed E-state index contributed by atoms with van der Waals surface area (Å²) >= 11 is 2.04. The predicted octanol–water partition coefficient (Wildman–Crippen LogP) is 2.93. The number of benzene rings is 1. The lowest BCUT2D eigenvalue weighted by Gasteiger charge is -2.08. The molecule has 0 spiro atoms. The molecule has 0 atom stereocenters. The number of methoxy groups -OCH3 is 1. The second-order valence-electron chi connectivity index (χ2n) is 2.86. The maximum Gasteiger partial charge on any atom is 0.190 e. The highest BCUT2D eigenvalue weighted by atomic mass is 127. The number of alkyl halides is 1. The Kier molecular flexibility index (Phi) is 5.24. The molecule has 1 rings (SSSR count). The minimum absolute atomic E-state index is 0.133. The van der Waals surface area contributed by atoms with E-state index in [2.05, 4.69) is 0 Å². The third-order valence-electron chi connectivity index (χ3n) is 1.75. The summed E-state index contributed by atoms with van der Waals surface area (Å²) in [4.78, 5) is 0. The number of halogens is 3. The molecule has 0 aliphatic rings. The van der Waals surface area contributed by atoms with E-state index in [1.807, 2.05) is 22.6 Å². The highest BCUT2D eigenvalue weighted by Gasteiger charge is 2.11. The first kappa shape index (κ1) is 12.6. The maximum atomic E-state index is 13.3. The molecule has 0 aliphatic carbocycles. The summed E-state index contributed by atoms with van der Waals surface area (Å²) in [5.74, 6) is -1.67. The fourth-order valence-electron chi connectivity index (χ4n) is 1.05. The Balaban J connectivity index is 2.79. The van der Waals surface area contributed by atoms with Gasteiger partial charge in [-0.3, -0.25) is 0 Å². The van der Waals surface area contributed by atoms with Crippen LogP contribution in [0.4, 0.5) is 8.78 Å². The first-order valence-corrected chi connectivity index (χ1v) is 5.87. The molecule has 0 heterocycles. The second-order valence-corrected chi connectivity index (χ2v) is 3.63. The van der Waals surface area contributed by atoms with Crippen LogP contribution in [0.15, 0.2) is 12.1 Å². The molecule has 5 heteroatoms. The molecule has 0 radical (unpaired) electrons. The molecule has 0 aliphatic heterocycles. The lowest BCUT2D eigenvalue weighted by Crippen LogP contribution is -2.07. The molecule has 1 aromatic carbocycles. The van der Waals surface area contributed by atoms with E-state index in [4.69, 9.17) is 9.47 Å². The van der Waals surface area contributed by atoms with Crippen molar-refractivity contribution in [1.82, 2.24) is 0 Å². The van der Waals surface area contributed by atoms with Crippen LogP contribution in [0.5, 0.6) is 5.75 Å². The molecule has 84 valence electrons. The van der Waals surface area contributed by atoms with Crippen LogP contribution in [0.25, 0.3) is 0 Å². The summed E-state index contributed by atoms with van der Waals surface area (Å²) in [5.41, 5.74) is 0.602. The molecular weight excluding hydrogens is 317 g/mol. The lowest BCUT2D eigenvalue weighted by atomic mass is 10.2. The van der Waals surface area contributed by atoms with Gasteiger partial charge in [0.2, 0.25) is 0 Å². The summed E-state index contributed by atoms with van der Waals surface area (Å²) in [6, 6.07) is 2.55. The molecule has 0 fully saturated rings. The van der Waals surface area contributed by atoms with Crippen molar-refractivity contribution in [3.8, 4) is 5.75 Å². The van der Waals surface area contributed by atoms with Gasteiger partial charge in [0.15, 0.2) is 17.4 Å². The Hall–Kier alpha value is -0.430. The standard InChI is InChI=1S/C10H11F2IO2/c1-14-2-3-15-10-8(11)4-7(6-13)5-9(10)12/h4-5H,2-3,6H2,1H3. The largest absolute Gasteiger partial charge is 0.485 e. The smallest absolute Gasteiger partial charge is 0.190 e. The van der Waals surface area contributed by atoms with E-state index in [1.165, 1.54) is 19.2 Å². The van der Waals surface area contributed by atoms with Crippen molar-refractivity contribution in [2.24, 2.45) is 0 Å². The molecule has 15 heavy (non-hydrogen) atoms. The van der Waals surface area contributed by atoms with Gasteiger partial charge in [-0.15, -0.1) is 0 Å². The van der Waals surface area contributed by atoms with Gasteiger partial charge in [-0.1, -0.05) is 22.6 Å². The third kappa shape index (κ3) is 3.57. The van der Waals surface area contributed by atoms with Crippen LogP contribution in [0, 0.1) is 11.6 Å². The van der Waals surface area contributed by atoms with Crippen LogP contribution in [-0.4, -0.2) is 20.3 Å². The van der Waals surface area contributed by atoms with Crippen molar-refractivity contribution < 1.29 is 18.3 Å². The van der Waals surface area contributed by atoms with Crippen molar-refractivity contribution in [3.63, 3.8) is 0 Å². The summed E-state index contributed by atoms with van der Waals surface area (Å²) in [6.45, 7) is 0.431. The zero-order valence-corrected chi connectivity index (χ0v) is 10.4. The molecule has 2 nitrogen and oxygen atoms in total. The highest BCUT2D eigenvalue weighted by molar-refractivity contribution is 14.1. The topological polar surface area (TPSA) is 18.5 Å². The molecule has 0 unspecified atom stereocenters. The SMILES string of the molecule is COCCOc1c(F)cc(CI)cc1F. The van der Waals surface area contributed by atoms with Crippen LogP contribution >= 0.6 is 22.6 Å². The van der Waals surface area contributed by atoms with Gasteiger partial charge < -0.3 is 9.47 Å². The predicted molar refractivity (Wildman–Crippen MR) is 61.5 cm³/mol. The van der Waals surface area contributed by atoms with Gasteiger partial charge in [0.25, 0.3) is 0 Å². The van der Waals surface area contributed by atoms with Gasteiger partial charge >= 0.3 is 0 Å². The molecule has 0 bridgehead atoms. The van der Waals surface area contributed by atoms with Crippen molar-refractivity contribution in [2.75, 3.05) is 20.3 Å². The highest BCUT2D eigenvalue weighted by Crippen LogP contribution is 2.24. The molecule has 0 saturated carbocycles. The van der Waals surface area contributed by atoms with Gasteiger partial charge in [0.05, 0.1) is 6.61 Å². The Bertz CT molecular complexity index is 308. The van der Waals surface area contributed by atoms with Crippen molar-refractivity contribution in [1.29, 1.82) is 0 Å². The van der Waals surface area contributed by atoms with Crippen LogP contribution in [0.2, 0.25) is 0 Å². The lowest BCUT2D eigenvalue weighted by molar-refractivity contribution is 0.141. The van der Waals surface area contributed by atoms with E-state index in [1.54, 1.807) is 0 Å². The summed E-state index contributed by atoms with van der Waals surface area (Å²) in [6.07, 6.45) is 0. The van der Waals surface area contributed by atoms with Crippen LogP contribution < -0.4 is 4.74 Å². The Morgan fingerprint density at radius 3 is 2.27 bits per heavy atom. The minimum Gasteiger partial charge on any atom is -0.485 e. The van der Waals surface area contributed by atoms with Gasteiger partial charge in [0, 0.05) is 11.5 Å². The average Bonchev–Trinajstić information content (AvgIpc) is 2.22. The molecule has 0 amide bonds. The van der Waals surface area contributed by atoms with Gasteiger partial charge in [-0.05, 0) is 17.7 Å². The van der Waals surface area contributed by atoms with Gasteiger partial charge in [-0.25, -0.2) is 8.78 Å². The molecule has 0 N–H and O–H groups in total. The van der Waals surface area contributed by atoms with E-state index in [9.17, 15) is 8.78 Å². The molecule has 0 aromatic heterocycles. The van der Waals surface area contributed by atoms with Crippen molar-refractivity contribution in [3.05, 3.63) is 29.3 Å². The van der Waals surface area contributed by atoms with E-state index in [0.717, 1.165) is 0 Å². The minimum atomic E-state index is -0.669. The van der Waals surface area contributed by atoms with E-state index in [0.29, 0.717) is 16.6 Å². The van der Waals surface area contributed by atoms with Crippen LogP contribution in [0.3, 0.4) is 0 Å². The van der Waals surface area contributed by atoms with E-state index >= 15 is 0 Å². The zero-order valence-electron chi connectivity index (χ0n) is 8.23. The zero-order chi connectivity index (χ0) is 11.3. The fourth-order valence-corrected chi connectivity index (χ4v) is 1.49. The normalized spacial score (nSPS) is 10.4. The molecule has 1 aromatic rings. The number of rotatable bonds is 5. The maximum absolute atomic E-state index is 13.3. The van der Waals surface area contributed by atoms with E-state index < -0.39 is 11.6 Å². The third-order valence-corrected chi connectivity index (χ3v) is 2.63. The Morgan fingerprint density at radius 1 is 1.20 bits per heavy atom. The quantitative estimate of drug-likeness (QED) is 0.470. The summed E-state index contributed by atoms with van der Waals surface area (Å²) < 4.78 is 36.8. The monoisotopic (exact) mass is 328 g/mol. The van der Waals surface area contributed by atoms with E-state index in [-0.39, 0.29) is 12.4 Å². The molecule has 0 saturated heterocycles. The van der Waals surface area contributed by atoms with Crippen LogP contribution in [0.1, 0.15) is 5.56 Å². The average molecular weight is 328 g/mol. The van der Waals surface area contributed by atoms with Gasteiger partial charge in [0.1, 0.15) is 6.61 Å². The van der Waals surface area contributed by atoms with Crippen molar-refractivity contribution >= 4 is 22.6 Å².